The van der Waals surface area contributed by atoms with E-state index in [1.165, 1.54) is 4.88 Å². The van der Waals surface area contributed by atoms with Crippen LogP contribution in [0.1, 0.15) is 38.1 Å². The maximum atomic E-state index is 12.3. The van der Waals surface area contributed by atoms with Crippen LogP contribution in [0, 0.1) is 20.8 Å². The summed E-state index contributed by atoms with van der Waals surface area (Å²) in [6.45, 7) is 6.88. The van der Waals surface area contributed by atoms with Crippen LogP contribution in [0.5, 0.6) is 0 Å². The Labute approximate surface area is 122 Å². The fraction of sp³-hybridized carbons (Fsp3) is 0.467. The quantitative estimate of drug-likeness (QED) is 0.924. The van der Waals surface area contributed by atoms with Crippen molar-refractivity contribution in [1.82, 2.24) is 14.9 Å². The van der Waals surface area contributed by atoms with Gasteiger partial charge in [0.1, 0.15) is 5.82 Å². The van der Waals surface area contributed by atoms with Gasteiger partial charge in [0.2, 0.25) is 0 Å². The Morgan fingerprint density at radius 1 is 1.45 bits per heavy atom. The van der Waals surface area contributed by atoms with Crippen molar-refractivity contribution >= 4 is 17.2 Å². The van der Waals surface area contributed by atoms with Crippen LogP contribution in [0.3, 0.4) is 0 Å². The van der Waals surface area contributed by atoms with E-state index in [9.17, 15) is 4.79 Å². The average Bonchev–Trinajstić information content (AvgIpc) is 2.90. The normalized spacial score (nSPS) is 17.9. The van der Waals surface area contributed by atoms with Crippen molar-refractivity contribution in [1.29, 1.82) is 0 Å². The van der Waals surface area contributed by atoms with Gasteiger partial charge in [0.25, 0.3) is 5.91 Å². The summed E-state index contributed by atoms with van der Waals surface area (Å²) < 4.78 is 2.16. The molecular formula is C15H19N3OS. The number of carbonyl (C=O) groups excluding carboxylic acids is 1. The average molecular weight is 289 g/mol. The number of carbonyl (C=O) groups is 1. The number of hydrogen-bond donors (Lipinski definition) is 1. The molecule has 0 fully saturated rings. The molecule has 1 amide bonds. The lowest BCUT2D eigenvalue weighted by Gasteiger charge is -2.24. The molecule has 0 spiro atoms. The first-order chi connectivity index (χ1) is 9.52. The van der Waals surface area contributed by atoms with E-state index in [1.807, 2.05) is 26.8 Å². The number of nitrogens with zero attached hydrogens (tertiary/aromatic N) is 2. The second-order valence-electron chi connectivity index (χ2n) is 5.49. The van der Waals surface area contributed by atoms with Crippen molar-refractivity contribution in [3.8, 4) is 0 Å². The largest absolute Gasteiger partial charge is 0.347 e. The molecule has 4 nitrogen and oxygen atoms in total. The predicted octanol–water partition coefficient (Wildman–Crippen LogP) is 2.61. The molecule has 1 aliphatic rings. The molecule has 106 valence electrons. The van der Waals surface area contributed by atoms with Gasteiger partial charge in [-0.2, -0.15) is 0 Å². The molecule has 3 heterocycles. The van der Waals surface area contributed by atoms with Crippen molar-refractivity contribution < 1.29 is 4.79 Å². The molecule has 2 aromatic rings. The van der Waals surface area contributed by atoms with Crippen molar-refractivity contribution in [3.05, 3.63) is 39.1 Å². The van der Waals surface area contributed by atoms with E-state index >= 15 is 0 Å². The smallest absolute Gasteiger partial charge is 0.252 e. The lowest BCUT2D eigenvalue weighted by atomic mass is 10.1. The van der Waals surface area contributed by atoms with E-state index in [2.05, 4.69) is 21.1 Å². The zero-order chi connectivity index (χ0) is 14.3. The molecule has 5 heteroatoms. The summed E-state index contributed by atoms with van der Waals surface area (Å²) in [4.78, 5) is 19.1. The molecule has 1 N–H and O–H groups in total. The minimum absolute atomic E-state index is 0.0529. The van der Waals surface area contributed by atoms with E-state index in [0.29, 0.717) is 0 Å². The Hall–Kier alpha value is -1.62. The Morgan fingerprint density at radius 3 is 2.95 bits per heavy atom. The molecule has 0 saturated heterocycles. The predicted molar refractivity (Wildman–Crippen MR) is 80.3 cm³/mol. The van der Waals surface area contributed by atoms with E-state index in [4.69, 9.17) is 0 Å². The second kappa shape index (κ2) is 5.05. The van der Waals surface area contributed by atoms with Crippen LogP contribution in [0.25, 0.3) is 0 Å². The van der Waals surface area contributed by atoms with Gasteiger partial charge in [-0.25, -0.2) is 4.98 Å². The van der Waals surface area contributed by atoms with Crippen LogP contribution >= 0.6 is 11.3 Å². The summed E-state index contributed by atoms with van der Waals surface area (Å²) in [6, 6.07) is 2.17. The summed E-state index contributed by atoms with van der Waals surface area (Å²) in [5.74, 6) is 1.19. The number of hydrogen-bond acceptors (Lipinski definition) is 3. The van der Waals surface area contributed by atoms with Gasteiger partial charge in [-0.05, 0) is 33.3 Å². The summed E-state index contributed by atoms with van der Waals surface area (Å²) >= 11 is 1.68. The van der Waals surface area contributed by atoms with E-state index in [1.54, 1.807) is 11.3 Å². The van der Waals surface area contributed by atoms with Crippen LogP contribution in [0.15, 0.2) is 12.3 Å². The minimum Gasteiger partial charge on any atom is -0.347 e. The molecule has 1 aliphatic heterocycles. The van der Waals surface area contributed by atoms with Crippen LogP contribution in [0.2, 0.25) is 0 Å². The van der Waals surface area contributed by atoms with Crippen molar-refractivity contribution in [2.75, 3.05) is 0 Å². The third-order valence-corrected chi connectivity index (χ3v) is 4.70. The summed E-state index contributed by atoms with van der Waals surface area (Å²) in [5.41, 5.74) is 1.87. The Morgan fingerprint density at radius 2 is 2.25 bits per heavy atom. The third-order valence-electron chi connectivity index (χ3n) is 3.73. The zero-order valence-corrected chi connectivity index (χ0v) is 12.9. The molecule has 2 aromatic heterocycles. The number of aromatic nitrogens is 2. The molecule has 0 aromatic carbocycles. The Bertz CT molecular complexity index is 656. The van der Waals surface area contributed by atoms with Gasteiger partial charge in [0, 0.05) is 35.0 Å². The first kappa shape index (κ1) is 13.4. The highest BCUT2D eigenvalue weighted by Gasteiger charge is 2.22. The lowest BCUT2D eigenvalue weighted by Crippen LogP contribution is -2.40. The van der Waals surface area contributed by atoms with Crippen LogP contribution < -0.4 is 5.32 Å². The Balaban J connectivity index is 1.70. The highest BCUT2D eigenvalue weighted by molar-refractivity contribution is 7.12. The standard InChI is InChI=1S/C15H19N3OS/c1-9-7-18-8-12(4-5-14(18)16-9)17-15(19)13-6-10(2)20-11(13)3/h6-7,12H,4-5,8H2,1-3H3,(H,17,19). The summed E-state index contributed by atoms with van der Waals surface area (Å²) in [6.07, 6.45) is 3.96. The first-order valence-corrected chi connectivity index (χ1v) is 7.75. The van der Waals surface area contributed by atoms with Gasteiger partial charge < -0.3 is 9.88 Å². The fourth-order valence-electron chi connectivity index (χ4n) is 2.82. The number of aryl methyl sites for hydroxylation is 4. The fourth-order valence-corrected chi connectivity index (χ4v) is 3.74. The molecule has 0 radical (unpaired) electrons. The minimum atomic E-state index is 0.0529. The van der Waals surface area contributed by atoms with Gasteiger partial charge in [-0.3, -0.25) is 4.79 Å². The highest BCUT2D eigenvalue weighted by Crippen LogP contribution is 2.21. The molecular weight excluding hydrogens is 270 g/mol. The first-order valence-electron chi connectivity index (χ1n) is 6.93. The number of imidazole rings is 1. The van der Waals surface area contributed by atoms with E-state index in [0.717, 1.165) is 41.3 Å². The number of amides is 1. The van der Waals surface area contributed by atoms with Gasteiger partial charge in [0.05, 0.1) is 11.3 Å². The maximum absolute atomic E-state index is 12.3. The lowest BCUT2D eigenvalue weighted by molar-refractivity contribution is 0.0927. The summed E-state index contributed by atoms with van der Waals surface area (Å²) in [5, 5.41) is 3.16. The molecule has 1 unspecified atom stereocenters. The topological polar surface area (TPSA) is 46.9 Å². The second-order valence-corrected chi connectivity index (χ2v) is 6.95. The van der Waals surface area contributed by atoms with Crippen molar-refractivity contribution in [2.24, 2.45) is 0 Å². The van der Waals surface area contributed by atoms with Crippen LogP contribution in [-0.2, 0) is 13.0 Å². The monoisotopic (exact) mass is 289 g/mol. The van der Waals surface area contributed by atoms with Crippen LogP contribution in [0.4, 0.5) is 0 Å². The van der Waals surface area contributed by atoms with Crippen molar-refractivity contribution in [2.45, 2.75) is 46.2 Å². The highest BCUT2D eigenvalue weighted by atomic mass is 32.1. The number of nitrogens with one attached hydrogen (secondary N) is 1. The van der Waals surface area contributed by atoms with Crippen molar-refractivity contribution in [3.63, 3.8) is 0 Å². The number of fused-ring (bicyclic) bond motifs is 1. The van der Waals surface area contributed by atoms with Gasteiger partial charge in [-0.15, -0.1) is 11.3 Å². The molecule has 20 heavy (non-hydrogen) atoms. The molecule has 0 saturated carbocycles. The SMILES string of the molecule is Cc1cn2c(n1)CCC(NC(=O)c1cc(C)sc1C)C2. The van der Waals surface area contributed by atoms with Gasteiger partial charge in [-0.1, -0.05) is 0 Å². The molecule has 0 bridgehead atoms. The molecule has 1 atom stereocenters. The van der Waals surface area contributed by atoms with E-state index in [-0.39, 0.29) is 11.9 Å². The van der Waals surface area contributed by atoms with Gasteiger partial charge in [0.15, 0.2) is 0 Å². The summed E-state index contributed by atoms with van der Waals surface area (Å²) in [7, 11) is 0. The number of rotatable bonds is 2. The Kier molecular flexibility index (Phi) is 3.38. The van der Waals surface area contributed by atoms with E-state index < -0.39 is 0 Å². The van der Waals surface area contributed by atoms with Gasteiger partial charge >= 0.3 is 0 Å². The van der Waals surface area contributed by atoms with Crippen LogP contribution in [-0.4, -0.2) is 21.5 Å². The zero-order valence-electron chi connectivity index (χ0n) is 12.1. The molecule has 0 aliphatic carbocycles. The number of thiophene rings is 1. The third kappa shape index (κ3) is 2.50. The maximum Gasteiger partial charge on any atom is 0.252 e. The molecule has 3 rings (SSSR count).